The Balaban J connectivity index is 1.53. The third kappa shape index (κ3) is 3.73. The first kappa shape index (κ1) is 15.6. The average molecular weight is 323 g/mol. The first-order valence-corrected chi connectivity index (χ1v) is 8.47. The van der Waals surface area contributed by atoms with Crippen LogP contribution in [0.2, 0.25) is 5.02 Å². The number of amides is 1. The second kappa shape index (κ2) is 6.88. The van der Waals surface area contributed by atoms with Crippen molar-refractivity contribution in [2.45, 2.75) is 50.7 Å². The highest BCUT2D eigenvalue weighted by molar-refractivity contribution is 6.31. The molecule has 0 unspecified atom stereocenters. The van der Waals surface area contributed by atoms with Gasteiger partial charge in [-0.1, -0.05) is 24.1 Å². The fourth-order valence-electron chi connectivity index (χ4n) is 3.24. The molecule has 2 fully saturated rings. The number of ether oxygens (including phenoxy) is 1. The van der Waals surface area contributed by atoms with Crippen LogP contribution < -0.4 is 10.5 Å². The maximum absolute atomic E-state index is 11.0. The van der Waals surface area contributed by atoms with Crippen LogP contribution in [0.15, 0.2) is 18.2 Å². The van der Waals surface area contributed by atoms with Crippen molar-refractivity contribution in [2.24, 2.45) is 5.73 Å². The van der Waals surface area contributed by atoms with E-state index in [-0.39, 0.29) is 18.4 Å². The van der Waals surface area contributed by atoms with E-state index in [1.165, 1.54) is 19.3 Å². The lowest BCUT2D eigenvalue weighted by Crippen LogP contribution is -2.46. The molecule has 1 aliphatic carbocycles. The van der Waals surface area contributed by atoms with Crippen molar-refractivity contribution in [2.75, 3.05) is 13.1 Å². The highest BCUT2D eigenvalue weighted by atomic mass is 35.5. The van der Waals surface area contributed by atoms with Crippen LogP contribution in [0.3, 0.4) is 0 Å². The number of rotatable bonds is 5. The van der Waals surface area contributed by atoms with E-state index in [1.54, 1.807) is 6.07 Å². The summed E-state index contributed by atoms with van der Waals surface area (Å²) < 4.78 is 6.05. The quantitative estimate of drug-likeness (QED) is 0.907. The number of piperidine rings is 1. The maximum atomic E-state index is 11.0. The van der Waals surface area contributed by atoms with Gasteiger partial charge >= 0.3 is 0 Å². The lowest BCUT2D eigenvalue weighted by molar-refractivity contribution is -0.117. The number of carbonyl (C=O) groups is 1. The van der Waals surface area contributed by atoms with Crippen molar-refractivity contribution < 1.29 is 9.53 Å². The summed E-state index contributed by atoms with van der Waals surface area (Å²) in [6, 6.07) is 6.32. The van der Waals surface area contributed by atoms with E-state index >= 15 is 0 Å². The molecule has 0 radical (unpaired) electrons. The summed E-state index contributed by atoms with van der Waals surface area (Å²) in [5.74, 6) is 0.402. The van der Waals surface area contributed by atoms with Gasteiger partial charge in [-0.2, -0.15) is 0 Å². The Hall–Kier alpha value is -1.26. The van der Waals surface area contributed by atoms with Gasteiger partial charge in [0.05, 0.1) is 6.42 Å². The number of benzene rings is 1. The number of primary amides is 1. The number of hydrogen-bond donors (Lipinski definition) is 1. The number of halogens is 1. The molecule has 1 aliphatic heterocycles. The van der Waals surface area contributed by atoms with E-state index in [2.05, 4.69) is 4.90 Å². The molecule has 1 saturated heterocycles. The molecule has 1 aromatic rings. The lowest BCUT2D eigenvalue weighted by Gasteiger charge is -2.41. The van der Waals surface area contributed by atoms with Crippen molar-refractivity contribution in [1.29, 1.82) is 0 Å². The van der Waals surface area contributed by atoms with Gasteiger partial charge < -0.3 is 15.4 Å². The number of nitrogens with zero attached hydrogens (tertiary/aromatic N) is 1. The van der Waals surface area contributed by atoms with Crippen LogP contribution in [0.4, 0.5) is 0 Å². The zero-order valence-electron chi connectivity index (χ0n) is 12.8. The second-order valence-corrected chi connectivity index (χ2v) is 6.74. The molecule has 22 heavy (non-hydrogen) atoms. The molecule has 2 N–H and O–H groups in total. The number of likely N-dealkylation sites (tertiary alicyclic amines) is 1. The monoisotopic (exact) mass is 322 g/mol. The smallest absolute Gasteiger partial charge is 0.221 e. The molecule has 0 aromatic heterocycles. The molecule has 0 spiro atoms. The molecule has 1 amide bonds. The Bertz CT molecular complexity index is 537. The standard InChI is InChI=1S/C17H23ClN2O2/c18-16-11-15(5-4-12(16)10-17(19)21)22-14-6-8-20(9-7-14)13-2-1-3-13/h4-5,11,13-14H,1-3,6-10H2,(H2,19,21). The summed E-state index contributed by atoms with van der Waals surface area (Å²) in [6.07, 6.45) is 6.67. The van der Waals surface area contributed by atoms with Crippen LogP contribution in [0, 0.1) is 0 Å². The Kier molecular flexibility index (Phi) is 4.89. The highest BCUT2D eigenvalue weighted by Crippen LogP contribution is 2.29. The molecule has 1 aromatic carbocycles. The predicted molar refractivity (Wildman–Crippen MR) is 87.2 cm³/mol. The van der Waals surface area contributed by atoms with Crippen molar-refractivity contribution in [3.05, 3.63) is 28.8 Å². The van der Waals surface area contributed by atoms with E-state index < -0.39 is 0 Å². The second-order valence-electron chi connectivity index (χ2n) is 6.33. The van der Waals surface area contributed by atoms with Gasteiger partial charge in [-0.05, 0) is 43.4 Å². The van der Waals surface area contributed by atoms with E-state index in [4.69, 9.17) is 22.1 Å². The minimum Gasteiger partial charge on any atom is -0.490 e. The van der Waals surface area contributed by atoms with Gasteiger partial charge in [-0.15, -0.1) is 0 Å². The van der Waals surface area contributed by atoms with Gasteiger partial charge in [0.25, 0.3) is 0 Å². The Labute approximate surface area is 136 Å². The molecule has 3 rings (SSSR count). The number of nitrogens with two attached hydrogens (primary N) is 1. The molecule has 1 heterocycles. The zero-order valence-corrected chi connectivity index (χ0v) is 13.5. The van der Waals surface area contributed by atoms with Gasteiger partial charge in [-0.3, -0.25) is 4.79 Å². The van der Waals surface area contributed by atoms with Gasteiger partial charge in [0.2, 0.25) is 5.91 Å². The van der Waals surface area contributed by atoms with Crippen molar-refractivity contribution in [3.63, 3.8) is 0 Å². The summed E-state index contributed by atoms with van der Waals surface area (Å²) >= 11 is 6.19. The summed E-state index contributed by atoms with van der Waals surface area (Å²) in [6.45, 7) is 2.26. The Morgan fingerprint density at radius 1 is 1.27 bits per heavy atom. The fraction of sp³-hybridized carbons (Fsp3) is 0.588. The van der Waals surface area contributed by atoms with Crippen LogP contribution in [0.5, 0.6) is 5.75 Å². The van der Waals surface area contributed by atoms with Crippen molar-refractivity contribution in [3.8, 4) is 5.75 Å². The van der Waals surface area contributed by atoms with Gasteiger partial charge in [0.15, 0.2) is 0 Å². The molecule has 1 saturated carbocycles. The van der Waals surface area contributed by atoms with E-state index in [1.807, 2.05) is 12.1 Å². The van der Waals surface area contributed by atoms with Crippen molar-refractivity contribution in [1.82, 2.24) is 4.90 Å². The fourth-order valence-corrected chi connectivity index (χ4v) is 3.47. The van der Waals surface area contributed by atoms with E-state index in [0.29, 0.717) is 5.02 Å². The van der Waals surface area contributed by atoms with Gasteiger partial charge in [-0.25, -0.2) is 0 Å². The van der Waals surface area contributed by atoms with E-state index in [0.717, 1.165) is 43.3 Å². The molecule has 0 atom stereocenters. The van der Waals surface area contributed by atoms with Gasteiger partial charge in [0, 0.05) is 24.2 Å². The summed E-state index contributed by atoms with van der Waals surface area (Å²) in [5, 5.41) is 0.545. The summed E-state index contributed by atoms with van der Waals surface area (Å²) in [5.41, 5.74) is 5.95. The van der Waals surface area contributed by atoms with Crippen LogP contribution in [0.25, 0.3) is 0 Å². The first-order chi connectivity index (χ1) is 10.6. The van der Waals surface area contributed by atoms with Crippen LogP contribution in [-0.2, 0) is 11.2 Å². The van der Waals surface area contributed by atoms with Crippen LogP contribution in [0.1, 0.15) is 37.7 Å². The minimum atomic E-state index is -0.376. The van der Waals surface area contributed by atoms with Crippen molar-refractivity contribution >= 4 is 17.5 Å². The molecule has 0 bridgehead atoms. The Morgan fingerprint density at radius 3 is 2.55 bits per heavy atom. The topological polar surface area (TPSA) is 55.6 Å². The summed E-state index contributed by atoms with van der Waals surface area (Å²) in [7, 11) is 0. The predicted octanol–water partition coefficient (Wildman–Crippen LogP) is 2.76. The molecule has 4 nitrogen and oxygen atoms in total. The molecular formula is C17H23ClN2O2. The third-order valence-electron chi connectivity index (χ3n) is 4.76. The van der Waals surface area contributed by atoms with E-state index in [9.17, 15) is 4.79 Å². The molecule has 2 aliphatic rings. The normalized spacial score (nSPS) is 20.6. The average Bonchev–Trinajstić information content (AvgIpc) is 2.42. The van der Waals surface area contributed by atoms with Crippen LogP contribution in [-0.4, -0.2) is 36.0 Å². The molecule has 5 heteroatoms. The zero-order chi connectivity index (χ0) is 15.5. The number of carbonyl (C=O) groups excluding carboxylic acids is 1. The summed E-state index contributed by atoms with van der Waals surface area (Å²) in [4.78, 5) is 13.6. The third-order valence-corrected chi connectivity index (χ3v) is 5.11. The largest absolute Gasteiger partial charge is 0.490 e. The minimum absolute atomic E-state index is 0.166. The highest BCUT2D eigenvalue weighted by Gasteiger charge is 2.29. The first-order valence-electron chi connectivity index (χ1n) is 8.09. The SMILES string of the molecule is NC(=O)Cc1ccc(OC2CCN(C3CCC3)CC2)cc1Cl. The number of hydrogen-bond acceptors (Lipinski definition) is 3. The lowest BCUT2D eigenvalue weighted by atomic mass is 9.90. The molecule has 120 valence electrons. The Morgan fingerprint density at radius 2 is 2.00 bits per heavy atom. The maximum Gasteiger partial charge on any atom is 0.221 e. The van der Waals surface area contributed by atoms with Crippen LogP contribution >= 0.6 is 11.6 Å². The molecular weight excluding hydrogens is 300 g/mol. The van der Waals surface area contributed by atoms with Gasteiger partial charge in [0.1, 0.15) is 11.9 Å².